The Morgan fingerprint density at radius 1 is 1.12 bits per heavy atom. The lowest BCUT2D eigenvalue weighted by Crippen LogP contribution is -2.47. The Bertz CT molecular complexity index is 763. The standard InChI is InChI=1S/C21H25N3O2/c1-22-21(24-19-13-18-10-11-20(19)26-18)23-14-15-6-5-9-17(12-15)25-16-7-3-2-4-8-16/h2-9,12,18-20H,10-11,13-14H2,1H3,(H2,22,23,24). The number of para-hydroxylation sites is 1. The van der Waals surface area contributed by atoms with Crippen LogP contribution in [0.25, 0.3) is 0 Å². The molecule has 2 aliphatic heterocycles. The van der Waals surface area contributed by atoms with Crippen molar-refractivity contribution in [3.63, 3.8) is 0 Å². The van der Waals surface area contributed by atoms with Crippen molar-refractivity contribution in [2.75, 3.05) is 7.05 Å². The molecule has 26 heavy (non-hydrogen) atoms. The topological polar surface area (TPSA) is 54.9 Å². The minimum atomic E-state index is 0.334. The van der Waals surface area contributed by atoms with Gasteiger partial charge in [-0.25, -0.2) is 0 Å². The van der Waals surface area contributed by atoms with Gasteiger partial charge in [0.1, 0.15) is 11.5 Å². The predicted molar refractivity (Wildman–Crippen MR) is 103 cm³/mol. The number of fused-ring (bicyclic) bond motifs is 2. The van der Waals surface area contributed by atoms with Crippen LogP contribution in [0.3, 0.4) is 0 Å². The summed E-state index contributed by atoms with van der Waals surface area (Å²) in [7, 11) is 1.80. The minimum Gasteiger partial charge on any atom is -0.457 e. The summed E-state index contributed by atoms with van der Waals surface area (Å²) in [4.78, 5) is 4.35. The van der Waals surface area contributed by atoms with Gasteiger partial charge in [-0.15, -0.1) is 0 Å². The molecule has 2 saturated heterocycles. The van der Waals surface area contributed by atoms with E-state index in [2.05, 4.69) is 21.7 Å². The molecule has 5 heteroatoms. The van der Waals surface area contributed by atoms with Crippen LogP contribution in [-0.4, -0.2) is 31.3 Å². The zero-order valence-corrected chi connectivity index (χ0v) is 15.0. The predicted octanol–water partition coefficient (Wildman–Crippen LogP) is 3.46. The first kappa shape index (κ1) is 16.9. The molecule has 0 aliphatic carbocycles. The molecule has 136 valence electrons. The van der Waals surface area contributed by atoms with Gasteiger partial charge in [-0.3, -0.25) is 4.99 Å². The normalized spacial score (nSPS) is 24.5. The molecule has 4 rings (SSSR count). The molecule has 2 bridgehead atoms. The van der Waals surface area contributed by atoms with E-state index in [4.69, 9.17) is 9.47 Å². The van der Waals surface area contributed by atoms with Crippen LogP contribution in [0.1, 0.15) is 24.8 Å². The number of hydrogen-bond acceptors (Lipinski definition) is 3. The molecule has 0 spiro atoms. The van der Waals surface area contributed by atoms with Gasteiger partial charge in [0.15, 0.2) is 5.96 Å². The van der Waals surface area contributed by atoms with Crippen LogP contribution in [0.5, 0.6) is 11.5 Å². The Balaban J connectivity index is 1.32. The third kappa shape index (κ3) is 3.99. The van der Waals surface area contributed by atoms with Gasteiger partial charge in [0.2, 0.25) is 0 Å². The van der Waals surface area contributed by atoms with E-state index in [1.807, 2.05) is 48.5 Å². The van der Waals surface area contributed by atoms with E-state index >= 15 is 0 Å². The van der Waals surface area contributed by atoms with Crippen molar-refractivity contribution >= 4 is 5.96 Å². The molecule has 2 aliphatic rings. The summed E-state index contributed by atoms with van der Waals surface area (Å²) >= 11 is 0. The number of nitrogens with one attached hydrogen (secondary N) is 2. The van der Waals surface area contributed by atoms with E-state index in [1.54, 1.807) is 7.05 Å². The van der Waals surface area contributed by atoms with E-state index in [0.717, 1.165) is 35.9 Å². The first-order valence-corrected chi connectivity index (χ1v) is 9.24. The van der Waals surface area contributed by atoms with Crippen molar-refractivity contribution in [1.29, 1.82) is 0 Å². The highest BCUT2D eigenvalue weighted by atomic mass is 16.5. The van der Waals surface area contributed by atoms with Gasteiger partial charge in [0.25, 0.3) is 0 Å². The second-order valence-electron chi connectivity index (χ2n) is 6.85. The zero-order valence-electron chi connectivity index (χ0n) is 15.0. The summed E-state index contributed by atoms with van der Waals surface area (Å²) in [5.74, 6) is 2.49. The van der Waals surface area contributed by atoms with Crippen LogP contribution in [0.15, 0.2) is 59.6 Å². The highest BCUT2D eigenvalue weighted by molar-refractivity contribution is 5.80. The highest BCUT2D eigenvalue weighted by Crippen LogP contribution is 2.34. The number of benzene rings is 2. The minimum absolute atomic E-state index is 0.334. The van der Waals surface area contributed by atoms with Gasteiger partial charge in [0.05, 0.1) is 18.2 Å². The molecule has 0 amide bonds. The van der Waals surface area contributed by atoms with Crippen LogP contribution in [-0.2, 0) is 11.3 Å². The van der Waals surface area contributed by atoms with Crippen LogP contribution in [0.2, 0.25) is 0 Å². The van der Waals surface area contributed by atoms with Gasteiger partial charge in [-0.05, 0) is 49.1 Å². The van der Waals surface area contributed by atoms with E-state index in [0.29, 0.717) is 24.8 Å². The SMILES string of the molecule is CN=C(NCc1cccc(Oc2ccccc2)c1)NC1CC2CCC1O2. The molecule has 2 fully saturated rings. The average Bonchev–Trinajstić information content (AvgIpc) is 3.29. The van der Waals surface area contributed by atoms with Crippen LogP contribution in [0.4, 0.5) is 0 Å². The molecule has 0 radical (unpaired) electrons. The van der Waals surface area contributed by atoms with Crippen molar-refractivity contribution in [1.82, 2.24) is 10.6 Å². The van der Waals surface area contributed by atoms with E-state index in [1.165, 1.54) is 6.42 Å². The van der Waals surface area contributed by atoms with Crippen molar-refractivity contribution in [3.05, 3.63) is 60.2 Å². The number of ether oxygens (including phenoxy) is 2. The molecular formula is C21H25N3O2. The summed E-state index contributed by atoms with van der Waals surface area (Å²) in [6.45, 7) is 0.688. The Kier molecular flexibility index (Phi) is 5.07. The smallest absolute Gasteiger partial charge is 0.191 e. The second-order valence-corrected chi connectivity index (χ2v) is 6.85. The lowest BCUT2D eigenvalue weighted by Gasteiger charge is -2.22. The average molecular weight is 351 g/mol. The number of nitrogens with zero attached hydrogens (tertiary/aromatic N) is 1. The van der Waals surface area contributed by atoms with Crippen molar-refractivity contribution in [3.8, 4) is 11.5 Å². The molecule has 3 unspecified atom stereocenters. The van der Waals surface area contributed by atoms with Crippen LogP contribution >= 0.6 is 0 Å². The van der Waals surface area contributed by atoms with Crippen molar-refractivity contribution < 1.29 is 9.47 Å². The van der Waals surface area contributed by atoms with Gasteiger partial charge in [-0.2, -0.15) is 0 Å². The summed E-state index contributed by atoms with van der Waals surface area (Å²) < 4.78 is 11.8. The van der Waals surface area contributed by atoms with E-state index in [-0.39, 0.29) is 0 Å². The van der Waals surface area contributed by atoms with E-state index < -0.39 is 0 Å². The Labute approximate surface area is 154 Å². The molecule has 0 saturated carbocycles. The van der Waals surface area contributed by atoms with Gasteiger partial charge in [0, 0.05) is 13.6 Å². The first-order chi connectivity index (χ1) is 12.8. The second kappa shape index (κ2) is 7.79. The summed E-state index contributed by atoms with van der Waals surface area (Å²) in [6, 6.07) is 18.3. The fraction of sp³-hybridized carbons (Fsp3) is 0.381. The third-order valence-corrected chi connectivity index (χ3v) is 4.99. The summed E-state index contributed by atoms with van der Waals surface area (Å²) in [5.41, 5.74) is 1.14. The lowest BCUT2D eigenvalue weighted by molar-refractivity contribution is 0.0992. The summed E-state index contributed by atoms with van der Waals surface area (Å²) in [6.07, 6.45) is 4.19. The molecular weight excluding hydrogens is 326 g/mol. The fourth-order valence-corrected chi connectivity index (χ4v) is 3.69. The number of aliphatic imine (C=N–C) groups is 1. The van der Waals surface area contributed by atoms with Crippen LogP contribution < -0.4 is 15.4 Å². The highest BCUT2D eigenvalue weighted by Gasteiger charge is 2.41. The van der Waals surface area contributed by atoms with Gasteiger partial charge >= 0.3 is 0 Å². The maximum absolute atomic E-state index is 5.90. The van der Waals surface area contributed by atoms with Crippen LogP contribution in [0, 0.1) is 0 Å². The summed E-state index contributed by atoms with van der Waals surface area (Å²) in [5, 5.41) is 6.90. The first-order valence-electron chi connectivity index (χ1n) is 9.24. The molecule has 3 atom stereocenters. The Morgan fingerprint density at radius 2 is 1.96 bits per heavy atom. The molecule has 0 aromatic heterocycles. The third-order valence-electron chi connectivity index (χ3n) is 4.99. The Hall–Kier alpha value is -2.53. The maximum atomic E-state index is 5.90. The fourth-order valence-electron chi connectivity index (χ4n) is 3.69. The van der Waals surface area contributed by atoms with Gasteiger partial charge in [-0.1, -0.05) is 30.3 Å². The quantitative estimate of drug-likeness (QED) is 0.640. The van der Waals surface area contributed by atoms with Crippen molar-refractivity contribution in [2.24, 2.45) is 4.99 Å². The molecule has 2 aromatic carbocycles. The monoisotopic (exact) mass is 351 g/mol. The lowest BCUT2D eigenvalue weighted by atomic mass is 9.96. The molecule has 2 N–H and O–H groups in total. The number of guanidine groups is 1. The van der Waals surface area contributed by atoms with Gasteiger partial charge < -0.3 is 20.1 Å². The number of hydrogen-bond donors (Lipinski definition) is 2. The molecule has 2 aromatic rings. The maximum Gasteiger partial charge on any atom is 0.191 e. The number of rotatable bonds is 5. The van der Waals surface area contributed by atoms with Crippen molar-refractivity contribution in [2.45, 2.75) is 44.1 Å². The zero-order chi connectivity index (χ0) is 17.8. The Morgan fingerprint density at radius 3 is 2.69 bits per heavy atom. The van der Waals surface area contributed by atoms with E-state index in [9.17, 15) is 0 Å². The molecule has 2 heterocycles. The largest absolute Gasteiger partial charge is 0.457 e. The molecule has 5 nitrogen and oxygen atoms in total.